The molecular formula is C25H30N4O2. The van der Waals surface area contributed by atoms with Crippen LogP contribution in [0.25, 0.3) is 17.0 Å². The summed E-state index contributed by atoms with van der Waals surface area (Å²) in [5.74, 6) is 0.0736. The number of dihydropyridines is 1. The van der Waals surface area contributed by atoms with Gasteiger partial charge in [0.1, 0.15) is 22.8 Å². The summed E-state index contributed by atoms with van der Waals surface area (Å²) in [5.41, 5.74) is 2.38. The number of aromatic amines is 1. The summed E-state index contributed by atoms with van der Waals surface area (Å²) in [4.78, 5) is 41.7. The number of Topliss-reactive ketones (excluding diaryl/α,β-unsaturated/α-hetero) is 2. The van der Waals surface area contributed by atoms with E-state index in [-0.39, 0.29) is 11.6 Å². The summed E-state index contributed by atoms with van der Waals surface area (Å²) in [6.45, 7) is 10.8. The van der Waals surface area contributed by atoms with Crippen molar-refractivity contribution < 1.29 is 9.59 Å². The lowest BCUT2D eigenvalue weighted by molar-refractivity contribution is -0.119. The average molecular weight is 419 g/mol. The number of carbonyl (C=O) groups is 2. The summed E-state index contributed by atoms with van der Waals surface area (Å²) in [6.07, 6.45) is 3.24. The van der Waals surface area contributed by atoms with Crippen molar-refractivity contribution in [1.82, 2.24) is 14.9 Å². The van der Waals surface area contributed by atoms with E-state index in [1.807, 2.05) is 44.2 Å². The van der Waals surface area contributed by atoms with Gasteiger partial charge in [-0.05, 0) is 46.3 Å². The lowest BCUT2D eigenvalue weighted by atomic mass is 9.73. The molecule has 0 bridgehead atoms. The number of imidazole rings is 1. The highest BCUT2D eigenvalue weighted by Gasteiger charge is 2.45. The first-order chi connectivity index (χ1) is 14.9. The topological polar surface area (TPSA) is 78.4 Å². The second kappa shape index (κ2) is 8.35. The van der Waals surface area contributed by atoms with Crippen LogP contribution >= 0.6 is 0 Å². The van der Waals surface area contributed by atoms with Crippen molar-refractivity contribution >= 4 is 23.4 Å². The molecule has 0 saturated heterocycles. The highest BCUT2D eigenvalue weighted by Crippen LogP contribution is 2.41. The van der Waals surface area contributed by atoms with Gasteiger partial charge in [0, 0.05) is 22.9 Å². The van der Waals surface area contributed by atoms with Gasteiger partial charge < -0.3 is 9.88 Å². The number of carbonyl (C=O) groups excluding carboxylic acids is 2. The quantitative estimate of drug-likeness (QED) is 0.731. The second-order valence-corrected chi connectivity index (χ2v) is 8.73. The molecule has 31 heavy (non-hydrogen) atoms. The van der Waals surface area contributed by atoms with Crippen LogP contribution in [0.4, 0.5) is 0 Å². The predicted molar refractivity (Wildman–Crippen MR) is 123 cm³/mol. The maximum absolute atomic E-state index is 13.6. The number of aliphatic imine (C=N–C) groups is 1. The Morgan fingerprint density at radius 2 is 1.81 bits per heavy atom. The third-order valence-electron chi connectivity index (χ3n) is 6.39. The van der Waals surface area contributed by atoms with Crippen LogP contribution in [0.3, 0.4) is 0 Å². The molecule has 0 radical (unpaired) electrons. The van der Waals surface area contributed by atoms with E-state index >= 15 is 0 Å². The van der Waals surface area contributed by atoms with Crippen molar-refractivity contribution in [3.05, 3.63) is 47.3 Å². The largest absolute Gasteiger partial charge is 0.335 e. The minimum absolute atomic E-state index is 0.0394. The Labute approximate surface area is 183 Å². The number of hydrogen-bond acceptors (Lipinski definition) is 5. The molecule has 0 saturated carbocycles. The lowest BCUT2D eigenvalue weighted by Crippen LogP contribution is -2.41. The first-order valence-corrected chi connectivity index (χ1v) is 11.1. The predicted octanol–water partition coefficient (Wildman–Crippen LogP) is 4.20. The third-order valence-corrected chi connectivity index (χ3v) is 6.39. The van der Waals surface area contributed by atoms with E-state index in [9.17, 15) is 9.59 Å². The number of fused-ring (bicyclic) bond motifs is 2. The third kappa shape index (κ3) is 3.81. The number of nitrogens with zero attached hydrogens (tertiary/aromatic N) is 3. The van der Waals surface area contributed by atoms with Gasteiger partial charge in [0.2, 0.25) is 0 Å². The molecule has 1 aliphatic heterocycles. The highest BCUT2D eigenvalue weighted by molar-refractivity contribution is 6.30. The number of rotatable bonds is 7. The summed E-state index contributed by atoms with van der Waals surface area (Å²) >= 11 is 0. The van der Waals surface area contributed by atoms with Crippen molar-refractivity contribution in [3.8, 4) is 11.4 Å². The van der Waals surface area contributed by atoms with E-state index in [1.54, 1.807) is 6.21 Å². The highest BCUT2D eigenvalue weighted by atomic mass is 16.1. The Kier molecular flexibility index (Phi) is 5.75. The first kappa shape index (κ1) is 21.4. The molecular weight excluding hydrogens is 388 g/mol. The molecule has 2 aromatic rings. The Bertz CT molecular complexity index is 1060. The van der Waals surface area contributed by atoms with Gasteiger partial charge in [-0.2, -0.15) is 0 Å². The van der Waals surface area contributed by atoms with Gasteiger partial charge in [-0.1, -0.05) is 44.2 Å². The molecule has 1 aromatic heterocycles. The number of aromatic nitrogens is 2. The zero-order valence-corrected chi connectivity index (χ0v) is 18.7. The second-order valence-electron chi connectivity index (χ2n) is 8.73. The average Bonchev–Trinajstić information content (AvgIpc) is 3.22. The maximum Gasteiger partial charge on any atom is 0.188 e. The Morgan fingerprint density at radius 1 is 1.10 bits per heavy atom. The van der Waals surface area contributed by atoms with Crippen molar-refractivity contribution in [2.45, 2.75) is 46.1 Å². The minimum atomic E-state index is -0.855. The Hall–Kier alpha value is -2.86. The normalized spacial score (nSPS) is 19.7. The summed E-state index contributed by atoms with van der Waals surface area (Å²) in [6, 6.07) is 9.73. The van der Waals surface area contributed by atoms with Gasteiger partial charge in [0.05, 0.1) is 5.92 Å². The zero-order valence-electron chi connectivity index (χ0n) is 18.7. The van der Waals surface area contributed by atoms with Crippen molar-refractivity contribution in [2.75, 3.05) is 19.6 Å². The fraction of sp³-hybridized carbons (Fsp3) is 0.440. The molecule has 162 valence electrons. The van der Waals surface area contributed by atoms with Gasteiger partial charge >= 0.3 is 0 Å². The summed E-state index contributed by atoms with van der Waals surface area (Å²) < 4.78 is 0. The Morgan fingerprint density at radius 3 is 2.48 bits per heavy atom. The van der Waals surface area contributed by atoms with Crippen LogP contribution in [-0.2, 0) is 4.79 Å². The van der Waals surface area contributed by atoms with Crippen LogP contribution < -0.4 is 0 Å². The van der Waals surface area contributed by atoms with Gasteiger partial charge in [0.25, 0.3) is 0 Å². The zero-order chi connectivity index (χ0) is 22.2. The molecule has 2 heterocycles. The van der Waals surface area contributed by atoms with Crippen LogP contribution in [0.1, 0.15) is 56.7 Å². The molecule has 1 atom stereocenters. The fourth-order valence-corrected chi connectivity index (χ4v) is 4.46. The van der Waals surface area contributed by atoms with Crippen molar-refractivity contribution in [2.24, 2.45) is 10.9 Å². The molecule has 2 aliphatic rings. The van der Waals surface area contributed by atoms with E-state index in [4.69, 9.17) is 4.98 Å². The van der Waals surface area contributed by atoms with Crippen molar-refractivity contribution in [1.29, 1.82) is 0 Å². The van der Waals surface area contributed by atoms with E-state index in [2.05, 4.69) is 28.7 Å². The molecule has 4 rings (SSSR count). The van der Waals surface area contributed by atoms with Crippen molar-refractivity contribution in [3.63, 3.8) is 0 Å². The first-order valence-electron chi connectivity index (χ1n) is 11.1. The smallest absolute Gasteiger partial charge is 0.188 e. The molecule has 1 aliphatic carbocycles. The molecule has 0 fully saturated rings. The van der Waals surface area contributed by atoms with E-state index in [1.165, 1.54) is 0 Å². The number of H-pyrrole nitrogens is 1. The van der Waals surface area contributed by atoms with Crippen LogP contribution in [-0.4, -0.2) is 57.8 Å². The van der Waals surface area contributed by atoms with Crippen LogP contribution in [0.5, 0.6) is 0 Å². The molecule has 0 amide bonds. The number of allylic oxidation sites excluding steroid dienone is 1. The van der Waals surface area contributed by atoms with E-state index in [0.717, 1.165) is 31.6 Å². The maximum atomic E-state index is 13.6. The number of benzene rings is 1. The Balaban J connectivity index is 1.74. The number of ketones is 2. The minimum Gasteiger partial charge on any atom is -0.335 e. The molecule has 6 heteroatoms. The summed E-state index contributed by atoms with van der Waals surface area (Å²) in [7, 11) is 0. The van der Waals surface area contributed by atoms with Gasteiger partial charge in [0.15, 0.2) is 11.6 Å². The molecule has 1 aromatic carbocycles. The van der Waals surface area contributed by atoms with E-state index < -0.39 is 11.5 Å². The SMILES string of the molecule is CCN(CC)CCCC1C(=O)c2[nH]c(-c3ccccc3)nc2C2=C1C(=O)C(C)(C)N=C2. The summed E-state index contributed by atoms with van der Waals surface area (Å²) in [5, 5.41) is 0. The van der Waals surface area contributed by atoms with Crippen LogP contribution in [0, 0.1) is 5.92 Å². The fourth-order valence-electron chi connectivity index (χ4n) is 4.46. The van der Waals surface area contributed by atoms with Crippen LogP contribution in [0.15, 0.2) is 40.9 Å². The molecule has 1 unspecified atom stereocenters. The molecule has 1 N–H and O–H groups in total. The van der Waals surface area contributed by atoms with Crippen LogP contribution in [0.2, 0.25) is 0 Å². The number of nitrogens with one attached hydrogen (secondary N) is 1. The van der Waals surface area contributed by atoms with E-state index in [0.29, 0.717) is 34.8 Å². The van der Waals surface area contributed by atoms with Gasteiger partial charge in [-0.25, -0.2) is 4.98 Å². The molecule has 6 nitrogen and oxygen atoms in total. The molecule has 0 spiro atoms. The lowest BCUT2D eigenvalue weighted by Gasteiger charge is -2.32. The van der Waals surface area contributed by atoms with Gasteiger partial charge in [-0.3, -0.25) is 14.6 Å². The standard InChI is InChI=1S/C25H30N4O2/c1-5-29(6-2)14-10-13-17-19-18(15-26-25(3,4)23(19)31)20-21(22(17)30)28-24(27-20)16-11-8-7-9-12-16/h7-9,11-12,15,17H,5-6,10,13-14H2,1-4H3,(H,27,28). The van der Waals surface area contributed by atoms with Gasteiger partial charge in [-0.15, -0.1) is 0 Å². The number of hydrogen-bond donors (Lipinski definition) is 1. The monoisotopic (exact) mass is 418 g/mol.